The molecule has 0 N–H and O–H groups in total. The normalized spacial score (nSPS) is 15.5. The third-order valence-corrected chi connectivity index (χ3v) is 92.7. The van der Waals surface area contributed by atoms with E-state index in [2.05, 4.69) is 249 Å². The van der Waals surface area contributed by atoms with Crippen molar-refractivity contribution in [1.82, 2.24) is 0 Å². The number of rotatable bonds is 27. The van der Waals surface area contributed by atoms with Gasteiger partial charge in [-0.2, -0.15) is 0 Å². The van der Waals surface area contributed by atoms with Crippen LogP contribution < -0.4 is 0 Å². The van der Waals surface area contributed by atoms with Gasteiger partial charge in [-0.15, -0.1) is 0 Å². The Morgan fingerprint density at radius 3 is 0.250 bits per heavy atom. The third-order valence-electron chi connectivity index (χ3n) is 21.5. The molecule has 0 heterocycles. The Kier molecular flexibility index (Phi) is 25.2. The zero-order valence-corrected chi connectivity index (χ0v) is 58.8. The minimum atomic E-state index is -2.20. The standard InChI is InChI=1S/3C19H43Si2.Cr/c3*1-14(2)20(15(3)4,16(5)6)13-21(17(7)8,18(9)10)19(11)12;/h3*13-19H,1-12H3;. The van der Waals surface area contributed by atoms with Crippen LogP contribution in [0.1, 0.15) is 249 Å². The van der Waals surface area contributed by atoms with Crippen LogP contribution in [0.25, 0.3) is 0 Å². The van der Waals surface area contributed by atoms with E-state index in [-0.39, 0.29) is 0 Å². The summed E-state index contributed by atoms with van der Waals surface area (Å²) in [5, 5.41) is 0. The van der Waals surface area contributed by atoms with E-state index in [4.69, 9.17) is 0 Å². The van der Waals surface area contributed by atoms with Gasteiger partial charge in [0.05, 0.1) is 0 Å². The fourth-order valence-electron chi connectivity index (χ4n) is 20.6. The first-order valence-electron chi connectivity index (χ1n) is 28.4. The van der Waals surface area contributed by atoms with Crippen LogP contribution in [-0.4, -0.2) is 48.4 Å². The molecule has 0 unspecified atom stereocenters. The van der Waals surface area contributed by atoms with E-state index in [1.165, 1.54) is 0 Å². The molecule has 0 atom stereocenters. The zero-order chi connectivity index (χ0) is 51.7. The van der Waals surface area contributed by atoms with Crippen molar-refractivity contribution in [3.8, 4) is 0 Å². The van der Waals surface area contributed by atoms with Gasteiger partial charge in [0.25, 0.3) is 0 Å². The second kappa shape index (κ2) is 24.5. The van der Waals surface area contributed by atoms with Crippen molar-refractivity contribution >= 4 is 48.4 Å². The molecule has 7 heteroatoms. The van der Waals surface area contributed by atoms with Gasteiger partial charge < -0.3 is 0 Å². The Balaban J connectivity index is 12.2. The van der Waals surface area contributed by atoms with Gasteiger partial charge in [-0.1, -0.05) is 0 Å². The van der Waals surface area contributed by atoms with E-state index >= 15 is 0 Å². The predicted octanol–water partition coefficient (Wildman–Crippen LogP) is 23.3. The van der Waals surface area contributed by atoms with Crippen LogP contribution >= 0.6 is 0 Å². The molecule has 0 spiro atoms. The molecule has 0 aliphatic heterocycles. The van der Waals surface area contributed by atoms with Crippen molar-refractivity contribution in [1.29, 1.82) is 0 Å². The first kappa shape index (κ1) is 65.8. The Hall–Kier alpha value is 1.83. The summed E-state index contributed by atoms with van der Waals surface area (Å²) in [6.45, 7) is 103. The van der Waals surface area contributed by atoms with E-state index < -0.39 is 62.6 Å². The molecule has 64 heavy (non-hydrogen) atoms. The second-order valence-electron chi connectivity index (χ2n) is 28.3. The van der Waals surface area contributed by atoms with Crippen LogP contribution in [0.15, 0.2) is 0 Å². The van der Waals surface area contributed by atoms with Crippen LogP contribution in [0.2, 0.25) is 112 Å². The third kappa shape index (κ3) is 10.1. The van der Waals surface area contributed by atoms with Crippen molar-refractivity contribution < 1.29 is 14.1 Å². The zero-order valence-electron chi connectivity index (χ0n) is 51.5. The van der Waals surface area contributed by atoms with Crippen LogP contribution in [0.5, 0.6) is 0 Å². The fraction of sp³-hybridized carbons (Fsp3) is 1.00. The maximum absolute atomic E-state index is 2.86. The first-order valence-corrected chi connectivity index (χ1v) is 44.5. The van der Waals surface area contributed by atoms with Crippen molar-refractivity contribution in [2.24, 2.45) is 0 Å². The van der Waals surface area contributed by atoms with Gasteiger partial charge in [0.15, 0.2) is 0 Å². The summed E-state index contributed by atoms with van der Waals surface area (Å²) >= 11 is -1.69. The first-order chi connectivity index (χ1) is 28.7. The van der Waals surface area contributed by atoms with Crippen molar-refractivity contribution in [2.75, 3.05) is 0 Å². The van der Waals surface area contributed by atoms with Crippen LogP contribution in [0.3, 0.4) is 0 Å². The van der Waals surface area contributed by atoms with Crippen molar-refractivity contribution in [2.45, 2.75) is 361 Å². The average molecular weight is 1040 g/mol. The molecule has 0 aliphatic carbocycles. The van der Waals surface area contributed by atoms with Crippen molar-refractivity contribution in [3.05, 3.63) is 0 Å². The van der Waals surface area contributed by atoms with Crippen LogP contribution in [0, 0.1) is 0 Å². The molecule has 0 aromatic heterocycles. The summed E-state index contributed by atoms with van der Waals surface area (Å²) in [4.78, 5) is 0. The van der Waals surface area contributed by atoms with E-state index in [9.17, 15) is 0 Å². The van der Waals surface area contributed by atoms with E-state index in [1.807, 2.05) is 0 Å². The molecule has 0 aromatic rings. The number of hydrogen-bond donors (Lipinski definition) is 0. The summed E-state index contributed by atoms with van der Waals surface area (Å²) < 4.78 is 2.98. The average Bonchev–Trinajstić information content (AvgIpc) is 3.06. The quantitative estimate of drug-likeness (QED) is 0.0720. The van der Waals surface area contributed by atoms with Gasteiger partial charge in [-0.05, 0) is 0 Å². The molecule has 0 saturated carbocycles. The van der Waals surface area contributed by atoms with Gasteiger partial charge in [-0.3, -0.25) is 0 Å². The minimum absolute atomic E-state index is 0.774. The number of hydrogen-bond acceptors (Lipinski definition) is 0. The van der Waals surface area contributed by atoms with Gasteiger partial charge >= 0.3 is 424 Å². The topological polar surface area (TPSA) is 0 Å². The van der Waals surface area contributed by atoms with E-state index in [0.29, 0.717) is 0 Å². The molecule has 0 aromatic carbocycles. The molecule has 0 bridgehead atoms. The molecule has 0 fully saturated rings. The molecule has 0 saturated heterocycles. The SMILES string of the molecule is CC(C)[Si](C(C)C)(C(C)C)[CH]([Cr]([CH]([Si](C(C)C)(C(C)C)C(C)C)[Si](C(C)C)(C(C)C)C(C)C)[CH]([Si](C(C)C)(C(C)C)C(C)C)[Si](C(C)C)(C(C)C)C(C)C)[Si](C(C)C)(C(C)C)C(C)C. The summed E-state index contributed by atoms with van der Waals surface area (Å²) in [6.07, 6.45) is 0. The van der Waals surface area contributed by atoms with Gasteiger partial charge in [0.1, 0.15) is 0 Å². The Morgan fingerprint density at radius 2 is 0.203 bits per heavy atom. The van der Waals surface area contributed by atoms with Crippen LogP contribution in [0.4, 0.5) is 0 Å². The molecule has 0 aliphatic rings. The van der Waals surface area contributed by atoms with E-state index in [1.54, 1.807) is 0 Å². The van der Waals surface area contributed by atoms with Gasteiger partial charge in [0.2, 0.25) is 0 Å². The predicted molar refractivity (Wildman–Crippen MR) is 318 cm³/mol. The Labute approximate surface area is 420 Å². The van der Waals surface area contributed by atoms with Crippen molar-refractivity contribution in [3.63, 3.8) is 0 Å². The molecule has 0 nitrogen and oxygen atoms in total. The summed E-state index contributed by atoms with van der Waals surface area (Å²) in [6, 6.07) is 0. The fourth-order valence-corrected chi connectivity index (χ4v) is 138. The molecule has 0 rings (SSSR count). The Bertz CT molecular complexity index is 961. The molecular formula is C57H129CrSi6. The molecule has 0 amide bonds. The maximum atomic E-state index is 2.86. The summed E-state index contributed by atoms with van der Waals surface area (Å²) in [5.41, 5.74) is 13.9. The van der Waals surface area contributed by atoms with Gasteiger partial charge in [-0.25, -0.2) is 0 Å². The van der Waals surface area contributed by atoms with Crippen LogP contribution in [-0.2, 0) is 14.1 Å². The Morgan fingerprint density at radius 1 is 0.141 bits per heavy atom. The molecule has 387 valence electrons. The second-order valence-corrected chi connectivity index (χ2v) is 73.9. The monoisotopic (exact) mass is 1030 g/mol. The van der Waals surface area contributed by atoms with E-state index in [0.717, 1.165) is 112 Å². The summed E-state index contributed by atoms with van der Waals surface area (Å²) in [5.74, 6) is 0. The summed E-state index contributed by atoms with van der Waals surface area (Å²) in [7, 11) is -13.2. The van der Waals surface area contributed by atoms with Gasteiger partial charge in [0, 0.05) is 0 Å². The molecule has 0 radical (unpaired) electrons. The molecular weight excluding hydrogens is 905 g/mol.